The lowest BCUT2D eigenvalue weighted by atomic mass is 9.81. The molecule has 1 aliphatic carbocycles. The van der Waals surface area contributed by atoms with Gasteiger partial charge in [0, 0.05) is 13.1 Å². The smallest absolute Gasteiger partial charge is 0.246 e. The van der Waals surface area contributed by atoms with E-state index in [1.807, 2.05) is 0 Å². The maximum absolute atomic E-state index is 13.1. The molecule has 3 aliphatic rings. The van der Waals surface area contributed by atoms with Gasteiger partial charge in [-0.1, -0.05) is 18.9 Å². The fourth-order valence-electron chi connectivity index (χ4n) is 4.52. The van der Waals surface area contributed by atoms with Crippen LogP contribution in [0.5, 0.6) is 5.75 Å². The van der Waals surface area contributed by atoms with Crippen molar-refractivity contribution in [2.24, 2.45) is 11.8 Å². The summed E-state index contributed by atoms with van der Waals surface area (Å²) < 4.78 is 38.2. The third-order valence-electron chi connectivity index (χ3n) is 6.09. The maximum atomic E-state index is 13.1. The summed E-state index contributed by atoms with van der Waals surface area (Å²) in [4.78, 5) is 26.8. The Morgan fingerprint density at radius 1 is 1.07 bits per heavy atom. The molecule has 1 aromatic carbocycles. The lowest BCUT2D eigenvalue weighted by Gasteiger charge is -2.27. The average Bonchev–Trinajstić information content (AvgIpc) is 2.99. The number of fused-ring (bicyclic) bond motifs is 1. The molecule has 4 rings (SSSR count). The highest BCUT2D eigenvalue weighted by atomic mass is 32.2. The van der Waals surface area contributed by atoms with E-state index in [2.05, 4.69) is 0 Å². The Labute approximate surface area is 170 Å². The number of morpholine rings is 1. The van der Waals surface area contributed by atoms with Crippen LogP contribution in [0.15, 0.2) is 23.1 Å². The monoisotopic (exact) mass is 422 g/mol. The third kappa shape index (κ3) is 3.67. The van der Waals surface area contributed by atoms with Gasteiger partial charge < -0.3 is 9.47 Å². The normalized spacial score (nSPS) is 25.9. The molecule has 0 aromatic heterocycles. The zero-order chi connectivity index (χ0) is 20.6. The molecular formula is C20H26N2O6S. The second-order valence-electron chi connectivity index (χ2n) is 7.76. The van der Waals surface area contributed by atoms with Crippen molar-refractivity contribution in [1.29, 1.82) is 0 Å². The number of carbonyl (C=O) groups is 2. The van der Waals surface area contributed by atoms with Crippen LogP contribution in [0.3, 0.4) is 0 Å². The summed E-state index contributed by atoms with van der Waals surface area (Å²) in [6.45, 7) is 1.34. The average molecular weight is 423 g/mol. The molecule has 3 fully saturated rings. The summed E-state index contributed by atoms with van der Waals surface area (Å²) in [7, 11) is -2.35. The second kappa shape index (κ2) is 8.04. The number of rotatable bonds is 5. The van der Waals surface area contributed by atoms with Crippen LogP contribution in [0.25, 0.3) is 0 Å². The summed E-state index contributed by atoms with van der Waals surface area (Å²) in [6.07, 6.45) is 3.45. The zero-order valence-corrected chi connectivity index (χ0v) is 17.3. The van der Waals surface area contributed by atoms with Crippen LogP contribution in [0.1, 0.15) is 31.2 Å². The largest absolute Gasteiger partial charge is 0.495 e. The van der Waals surface area contributed by atoms with Crippen molar-refractivity contribution in [1.82, 2.24) is 9.21 Å². The van der Waals surface area contributed by atoms with Gasteiger partial charge in [0.1, 0.15) is 10.6 Å². The first-order valence-corrected chi connectivity index (χ1v) is 11.5. The van der Waals surface area contributed by atoms with Gasteiger partial charge in [-0.2, -0.15) is 4.31 Å². The molecule has 0 bridgehead atoms. The van der Waals surface area contributed by atoms with E-state index in [0.29, 0.717) is 18.8 Å². The Morgan fingerprint density at radius 3 is 2.28 bits per heavy atom. The molecule has 0 N–H and O–H groups in total. The number of nitrogens with zero attached hydrogens (tertiary/aromatic N) is 2. The van der Waals surface area contributed by atoms with E-state index in [1.165, 1.54) is 22.4 Å². The summed E-state index contributed by atoms with van der Waals surface area (Å²) in [5.74, 6) is -0.453. The highest BCUT2D eigenvalue weighted by molar-refractivity contribution is 7.89. The molecule has 2 heterocycles. The molecule has 8 nitrogen and oxygen atoms in total. The van der Waals surface area contributed by atoms with Gasteiger partial charge in [-0.05, 0) is 30.5 Å². The van der Waals surface area contributed by atoms with Gasteiger partial charge in [0.15, 0.2) is 0 Å². The SMILES string of the molecule is COc1ccc(CN2C(=O)C3CCCCC3C2=O)cc1S(=O)(=O)N1CCOCC1. The molecule has 2 atom stereocenters. The Balaban J connectivity index is 1.62. The van der Waals surface area contributed by atoms with E-state index in [1.54, 1.807) is 12.1 Å². The van der Waals surface area contributed by atoms with Crippen molar-refractivity contribution < 1.29 is 27.5 Å². The summed E-state index contributed by atoms with van der Waals surface area (Å²) in [6, 6.07) is 4.81. The lowest BCUT2D eigenvalue weighted by molar-refractivity contribution is -0.140. The van der Waals surface area contributed by atoms with Crippen LogP contribution >= 0.6 is 0 Å². The molecule has 0 radical (unpaired) electrons. The second-order valence-corrected chi connectivity index (χ2v) is 9.67. The van der Waals surface area contributed by atoms with Crippen LogP contribution in [0.2, 0.25) is 0 Å². The van der Waals surface area contributed by atoms with E-state index in [9.17, 15) is 18.0 Å². The number of likely N-dealkylation sites (tertiary alicyclic amines) is 1. The van der Waals surface area contributed by atoms with Gasteiger partial charge in [0.25, 0.3) is 0 Å². The molecule has 2 saturated heterocycles. The first kappa shape index (κ1) is 20.3. The maximum Gasteiger partial charge on any atom is 0.246 e. The third-order valence-corrected chi connectivity index (χ3v) is 8.01. The number of methoxy groups -OCH3 is 1. The van der Waals surface area contributed by atoms with Crippen molar-refractivity contribution in [3.63, 3.8) is 0 Å². The molecule has 1 aromatic rings. The number of carbonyl (C=O) groups excluding carboxylic acids is 2. The fourth-order valence-corrected chi connectivity index (χ4v) is 6.13. The number of benzene rings is 1. The van der Waals surface area contributed by atoms with E-state index >= 15 is 0 Å². The summed E-state index contributed by atoms with van der Waals surface area (Å²) >= 11 is 0. The minimum absolute atomic E-state index is 0.0518. The minimum Gasteiger partial charge on any atom is -0.495 e. The van der Waals surface area contributed by atoms with Crippen molar-refractivity contribution in [3.8, 4) is 5.75 Å². The van der Waals surface area contributed by atoms with E-state index in [4.69, 9.17) is 9.47 Å². The predicted molar refractivity (Wildman–Crippen MR) is 104 cm³/mol. The Morgan fingerprint density at radius 2 is 1.69 bits per heavy atom. The van der Waals surface area contributed by atoms with E-state index < -0.39 is 10.0 Å². The number of hydrogen-bond acceptors (Lipinski definition) is 6. The molecule has 2 unspecified atom stereocenters. The first-order valence-electron chi connectivity index (χ1n) is 10.0. The Bertz CT molecular complexity index is 886. The molecule has 0 spiro atoms. The van der Waals surface area contributed by atoms with Gasteiger partial charge in [0.05, 0.1) is 38.7 Å². The standard InChI is InChI=1S/C20H26N2O6S/c1-27-17-7-6-14(12-18(17)29(25,26)21-8-10-28-11-9-21)13-22-19(23)15-4-2-3-5-16(15)20(22)24/h6-7,12,15-16H,2-5,8-11,13H2,1H3. The van der Waals surface area contributed by atoms with Gasteiger partial charge in [0.2, 0.25) is 21.8 Å². The van der Waals surface area contributed by atoms with Crippen molar-refractivity contribution in [3.05, 3.63) is 23.8 Å². The molecule has 2 amide bonds. The molecule has 2 aliphatic heterocycles. The minimum atomic E-state index is -3.77. The number of sulfonamides is 1. The van der Waals surface area contributed by atoms with Crippen LogP contribution in [-0.4, -0.2) is 62.9 Å². The summed E-state index contributed by atoms with van der Waals surface area (Å²) in [5.41, 5.74) is 0.595. The number of hydrogen-bond donors (Lipinski definition) is 0. The topological polar surface area (TPSA) is 93.2 Å². The van der Waals surface area contributed by atoms with Crippen LogP contribution < -0.4 is 4.74 Å². The van der Waals surface area contributed by atoms with Crippen LogP contribution in [-0.2, 0) is 30.9 Å². The Kier molecular flexibility index (Phi) is 5.63. The van der Waals surface area contributed by atoms with Gasteiger partial charge in [-0.3, -0.25) is 14.5 Å². The lowest BCUT2D eigenvalue weighted by Crippen LogP contribution is -2.40. The molecule has 1 saturated carbocycles. The van der Waals surface area contributed by atoms with Gasteiger partial charge in [-0.25, -0.2) is 8.42 Å². The summed E-state index contributed by atoms with van der Waals surface area (Å²) in [5, 5.41) is 0. The van der Waals surface area contributed by atoms with Gasteiger partial charge >= 0.3 is 0 Å². The number of imide groups is 1. The van der Waals surface area contributed by atoms with Crippen molar-refractivity contribution >= 4 is 21.8 Å². The van der Waals surface area contributed by atoms with Crippen LogP contribution in [0.4, 0.5) is 0 Å². The van der Waals surface area contributed by atoms with Crippen molar-refractivity contribution in [2.45, 2.75) is 37.1 Å². The van der Waals surface area contributed by atoms with E-state index in [-0.39, 0.29) is 53.9 Å². The molecular weight excluding hydrogens is 396 g/mol. The predicted octanol–water partition coefficient (Wildman–Crippen LogP) is 1.39. The van der Waals surface area contributed by atoms with E-state index in [0.717, 1.165) is 25.7 Å². The zero-order valence-electron chi connectivity index (χ0n) is 16.5. The first-order chi connectivity index (χ1) is 13.9. The molecule has 158 valence electrons. The van der Waals surface area contributed by atoms with Crippen LogP contribution in [0, 0.1) is 11.8 Å². The number of amides is 2. The molecule has 9 heteroatoms. The highest BCUT2D eigenvalue weighted by Gasteiger charge is 2.48. The number of ether oxygens (including phenoxy) is 2. The van der Waals surface area contributed by atoms with Crippen molar-refractivity contribution in [2.75, 3.05) is 33.4 Å². The Hall–Kier alpha value is -1.97. The van der Waals surface area contributed by atoms with Gasteiger partial charge in [-0.15, -0.1) is 0 Å². The quantitative estimate of drug-likeness (QED) is 0.666. The fraction of sp³-hybridized carbons (Fsp3) is 0.600. The molecule has 29 heavy (non-hydrogen) atoms. The highest BCUT2D eigenvalue weighted by Crippen LogP contribution is 2.39.